The number of nitrogens with one attached hydrogen (secondary N) is 1. The molecule has 1 aliphatic rings. The number of carbonyl (C=O) groups excluding carboxylic acids is 2. The number of carbonyl (C=O) groups is 2. The fourth-order valence-corrected chi connectivity index (χ4v) is 2.45. The van der Waals surface area contributed by atoms with E-state index in [0.29, 0.717) is 11.1 Å². The fourth-order valence-electron chi connectivity index (χ4n) is 2.27. The summed E-state index contributed by atoms with van der Waals surface area (Å²) in [5.74, 6) is -2.28. The van der Waals surface area contributed by atoms with E-state index in [0.717, 1.165) is 6.07 Å². The van der Waals surface area contributed by atoms with E-state index in [9.17, 15) is 18.4 Å². The summed E-state index contributed by atoms with van der Waals surface area (Å²) >= 11 is 5.73. The molecular weight excluding hydrogens is 312 g/mol. The summed E-state index contributed by atoms with van der Waals surface area (Å²) in [6, 6.07) is 8.92. The van der Waals surface area contributed by atoms with Crippen LogP contribution in [0.4, 0.5) is 8.78 Å². The van der Waals surface area contributed by atoms with Crippen LogP contribution in [0.1, 0.15) is 11.1 Å². The van der Waals surface area contributed by atoms with Gasteiger partial charge >= 0.3 is 0 Å². The third-order valence-electron chi connectivity index (χ3n) is 3.27. The highest BCUT2D eigenvalue weighted by Crippen LogP contribution is 2.32. The molecule has 0 atom stereocenters. The Morgan fingerprint density at radius 1 is 0.818 bits per heavy atom. The highest BCUT2D eigenvalue weighted by Gasteiger charge is 2.32. The molecule has 0 fully saturated rings. The third-order valence-corrected chi connectivity index (χ3v) is 3.56. The highest BCUT2D eigenvalue weighted by atomic mass is 35.5. The molecule has 0 spiro atoms. The summed E-state index contributed by atoms with van der Waals surface area (Å²) in [5, 5.41) is 2.02. The lowest BCUT2D eigenvalue weighted by Crippen LogP contribution is -2.22. The quantitative estimate of drug-likeness (QED) is 0.864. The van der Waals surface area contributed by atoms with Gasteiger partial charge in [-0.05, 0) is 35.4 Å². The van der Waals surface area contributed by atoms with Crippen LogP contribution in [-0.2, 0) is 9.59 Å². The zero-order valence-corrected chi connectivity index (χ0v) is 11.7. The summed E-state index contributed by atoms with van der Waals surface area (Å²) in [6.07, 6.45) is 0. The predicted molar refractivity (Wildman–Crippen MR) is 77.8 cm³/mol. The molecule has 1 aliphatic heterocycles. The van der Waals surface area contributed by atoms with Gasteiger partial charge in [-0.25, -0.2) is 8.78 Å². The van der Waals surface area contributed by atoms with Crippen molar-refractivity contribution in [3.8, 4) is 0 Å². The van der Waals surface area contributed by atoms with E-state index in [1.165, 1.54) is 36.4 Å². The average molecular weight is 320 g/mol. The molecule has 6 heteroatoms. The predicted octanol–water partition coefficient (Wildman–Crippen LogP) is 3.19. The molecule has 2 aromatic carbocycles. The lowest BCUT2D eigenvalue weighted by atomic mass is 9.96. The molecule has 0 saturated carbocycles. The van der Waals surface area contributed by atoms with Crippen LogP contribution < -0.4 is 5.32 Å². The van der Waals surface area contributed by atoms with E-state index in [1.54, 1.807) is 0 Å². The van der Waals surface area contributed by atoms with Crippen molar-refractivity contribution >= 4 is 34.6 Å². The topological polar surface area (TPSA) is 46.2 Å². The maximum absolute atomic E-state index is 13.3. The molecule has 3 rings (SSSR count). The lowest BCUT2D eigenvalue weighted by Gasteiger charge is -2.05. The van der Waals surface area contributed by atoms with Crippen molar-refractivity contribution in [2.75, 3.05) is 0 Å². The van der Waals surface area contributed by atoms with Crippen molar-refractivity contribution in [3.63, 3.8) is 0 Å². The number of hydrogen-bond donors (Lipinski definition) is 1. The van der Waals surface area contributed by atoms with Crippen molar-refractivity contribution in [2.24, 2.45) is 0 Å². The van der Waals surface area contributed by atoms with Crippen molar-refractivity contribution in [3.05, 3.63) is 70.2 Å². The molecule has 1 heterocycles. The second kappa shape index (κ2) is 5.35. The van der Waals surface area contributed by atoms with E-state index in [2.05, 4.69) is 5.32 Å². The Kier molecular flexibility index (Phi) is 3.50. The molecule has 22 heavy (non-hydrogen) atoms. The van der Waals surface area contributed by atoms with Crippen LogP contribution in [-0.4, -0.2) is 11.8 Å². The maximum Gasteiger partial charge on any atom is 0.259 e. The van der Waals surface area contributed by atoms with Gasteiger partial charge in [0.25, 0.3) is 11.8 Å². The number of hydrogen-bond acceptors (Lipinski definition) is 2. The largest absolute Gasteiger partial charge is 0.288 e. The highest BCUT2D eigenvalue weighted by molar-refractivity contribution is 6.49. The minimum Gasteiger partial charge on any atom is -0.288 e. The van der Waals surface area contributed by atoms with Gasteiger partial charge in [0, 0.05) is 0 Å². The zero-order valence-electron chi connectivity index (χ0n) is 11.0. The van der Waals surface area contributed by atoms with Gasteiger partial charge in [-0.3, -0.25) is 14.9 Å². The standard InChI is InChI=1S/C16H8ClF2NO2/c17-11-7-9(3-6-12(11)19)14-13(15(21)20-16(14)22)8-1-4-10(18)5-2-8/h1-7H,(H,20,21,22). The summed E-state index contributed by atoms with van der Waals surface area (Å²) in [7, 11) is 0. The third kappa shape index (κ3) is 2.40. The molecule has 0 saturated heterocycles. The second-order valence-corrected chi connectivity index (χ2v) is 5.08. The first-order chi connectivity index (χ1) is 10.5. The monoisotopic (exact) mass is 319 g/mol. The van der Waals surface area contributed by atoms with Gasteiger partial charge in [-0.15, -0.1) is 0 Å². The van der Waals surface area contributed by atoms with Crippen molar-refractivity contribution < 1.29 is 18.4 Å². The van der Waals surface area contributed by atoms with Crippen LogP contribution in [0, 0.1) is 11.6 Å². The molecule has 0 unspecified atom stereocenters. The SMILES string of the molecule is O=C1NC(=O)C(c2ccc(F)c(Cl)c2)=C1c1ccc(F)cc1. The normalized spacial score (nSPS) is 14.5. The van der Waals surface area contributed by atoms with Gasteiger partial charge in [0.2, 0.25) is 0 Å². The maximum atomic E-state index is 13.3. The fraction of sp³-hybridized carbons (Fsp3) is 0. The molecule has 0 radical (unpaired) electrons. The van der Waals surface area contributed by atoms with Gasteiger partial charge in [0.05, 0.1) is 16.2 Å². The summed E-state index contributed by atoms with van der Waals surface area (Å²) in [5.41, 5.74) is 0.889. The van der Waals surface area contributed by atoms with Crippen LogP contribution in [0.2, 0.25) is 5.02 Å². The second-order valence-electron chi connectivity index (χ2n) is 4.67. The Morgan fingerprint density at radius 2 is 1.36 bits per heavy atom. The number of benzene rings is 2. The zero-order chi connectivity index (χ0) is 15.9. The smallest absolute Gasteiger partial charge is 0.259 e. The van der Waals surface area contributed by atoms with Crippen LogP contribution in [0.3, 0.4) is 0 Å². The van der Waals surface area contributed by atoms with Gasteiger partial charge in [0.15, 0.2) is 0 Å². The van der Waals surface area contributed by atoms with Crippen LogP contribution in [0.5, 0.6) is 0 Å². The lowest BCUT2D eigenvalue weighted by molar-refractivity contribution is -0.122. The number of amides is 2. The number of rotatable bonds is 2. The van der Waals surface area contributed by atoms with E-state index in [-0.39, 0.29) is 16.2 Å². The van der Waals surface area contributed by atoms with Crippen LogP contribution in [0.25, 0.3) is 11.1 Å². The summed E-state index contributed by atoms with van der Waals surface area (Å²) in [4.78, 5) is 24.0. The molecular formula is C16H8ClF2NO2. The molecule has 2 amide bonds. The molecule has 0 bridgehead atoms. The molecule has 1 N–H and O–H groups in total. The van der Waals surface area contributed by atoms with E-state index in [1.807, 2.05) is 0 Å². The molecule has 0 aromatic heterocycles. The summed E-state index contributed by atoms with van der Waals surface area (Å²) in [6.45, 7) is 0. The van der Waals surface area contributed by atoms with Gasteiger partial charge in [0.1, 0.15) is 11.6 Å². The molecule has 0 aliphatic carbocycles. The Labute approximate surface area is 129 Å². The van der Waals surface area contributed by atoms with Gasteiger partial charge < -0.3 is 0 Å². The first-order valence-electron chi connectivity index (χ1n) is 6.28. The van der Waals surface area contributed by atoms with Gasteiger partial charge in [-0.2, -0.15) is 0 Å². The minimum atomic E-state index is -0.626. The van der Waals surface area contributed by atoms with Crippen molar-refractivity contribution in [2.45, 2.75) is 0 Å². The van der Waals surface area contributed by atoms with E-state index >= 15 is 0 Å². The number of imide groups is 1. The molecule has 110 valence electrons. The summed E-state index contributed by atoms with van der Waals surface area (Å²) < 4.78 is 26.3. The van der Waals surface area contributed by atoms with Crippen LogP contribution >= 0.6 is 11.6 Å². The van der Waals surface area contributed by atoms with Crippen molar-refractivity contribution in [1.82, 2.24) is 5.32 Å². The Morgan fingerprint density at radius 3 is 1.95 bits per heavy atom. The van der Waals surface area contributed by atoms with Crippen molar-refractivity contribution in [1.29, 1.82) is 0 Å². The average Bonchev–Trinajstić information content (AvgIpc) is 2.77. The molecule has 3 nitrogen and oxygen atoms in total. The first-order valence-corrected chi connectivity index (χ1v) is 6.66. The Balaban J connectivity index is 2.22. The van der Waals surface area contributed by atoms with E-state index in [4.69, 9.17) is 11.6 Å². The molecule has 2 aromatic rings. The van der Waals surface area contributed by atoms with Crippen LogP contribution in [0.15, 0.2) is 42.5 Å². The van der Waals surface area contributed by atoms with E-state index < -0.39 is 23.4 Å². The number of halogens is 3. The first kappa shape index (κ1) is 14.4. The Bertz CT molecular complexity index is 829. The Hall–Kier alpha value is -2.53. The minimum absolute atomic E-state index is 0.0820. The van der Waals surface area contributed by atoms with Gasteiger partial charge in [-0.1, -0.05) is 29.8 Å².